The van der Waals surface area contributed by atoms with Crippen molar-refractivity contribution in [3.63, 3.8) is 0 Å². The Labute approximate surface area is 166 Å². The fourth-order valence-corrected chi connectivity index (χ4v) is 3.64. The van der Waals surface area contributed by atoms with Crippen LogP contribution >= 0.6 is 35.0 Å². The third-order valence-corrected chi connectivity index (χ3v) is 5.06. The van der Waals surface area contributed by atoms with Gasteiger partial charge in [0.15, 0.2) is 0 Å². The molecule has 0 unspecified atom stereocenters. The summed E-state index contributed by atoms with van der Waals surface area (Å²) in [7, 11) is 0. The highest BCUT2D eigenvalue weighted by atomic mass is 35.5. The number of hydrogen-bond donors (Lipinski definition) is 0. The van der Waals surface area contributed by atoms with Gasteiger partial charge in [0.25, 0.3) is 0 Å². The Hall–Kier alpha value is -2.01. The van der Waals surface area contributed by atoms with E-state index in [0.29, 0.717) is 26.4 Å². The molecule has 2 aromatic carbocycles. The number of hydrogen-bond acceptors (Lipinski definition) is 4. The smallest absolute Gasteiger partial charge is 0.341 e. The highest BCUT2D eigenvalue weighted by molar-refractivity contribution is 7.98. The zero-order valence-corrected chi connectivity index (χ0v) is 16.0. The van der Waals surface area contributed by atoms with E-state index in [2.05, 4.69) is 4.98 Å². The molecule has 0 saturated heterocycles. The van der Waals surface area contributed by atoms with Crippen LogP contribution < -0.4 is 0 Å². The number of carbonyl (C=O) groups excluding carboxylic acids is 1. The van der Waals surface area contributed by atoms with Gasteiger partial charge in [0, 0.05) is 22.0 Å². The first-order valence-corrected chi connectivity index (χ1v) is 9.60. The van der Waals surface area contributed by atoms with Gasteiger partial charge in [-0.15, -0.1) is 11.8 Å². The maximum atomic E-state index is 12.5. The Morgan fingerprint density at radius 1 is 0.962 bits per heavy atom. The molecule has 0 spiro atoms. The number of halogens is 2. The molecular weight excluding hydrogens is 389 g/mol. The van der Waals surface area contributed by atoms with E-state index in [4.69, 9.17) is 27.9 Å². The zero-order valence-electron chi connectivity index (χ0n) is 13.7. The molecule has 0 atom stereocenters. The van der Waals surface area contributed by atoms with Crippen LogP contribution in [0.25, 0.3) is 0 Å². The highest BCUT2D eigenvalue weighted by Gasteiger charge is 2.14. The van der Waals surface area contributed by atoms with Gasteiger partial charge in [-0.05, 0) is 47.5 Å². The van der Waals surface area contributed by atoms with Gasteiger partial charge >= 0.3 is 5.97 Å². The Morgan fingerprint density at radius 3 is 2.38 bits per heavy atom. The molecule has 0 amide bonds. The summed E-state index contributed by atoms with van der Waals surface area (Å²) in [5, 5.41) is 1.92. The second-order valence-electron chi connectivity index (χ2n) is 5.48. The quantitative estimate of drug-likeness (QED) is 0.371. The molecule has 0 fully saturated rings. The second-order valence-corrected chi connectivity index (χ2v) is 7.32. The number of thioether (sulfide) groups is 1. The van der Waals surface area contributed by atoms with Gasteiger partial charge in [-0.3, -0.25) is 0 Å². The van der Waals surface area contributed by atoms with Gasteiger partial charge in [0.1, 0.15) is 11.6 Å². The predicted octanol–water partition coefficient (Wildman–Crippen LogP) is 6.04. The van der Waals surface area contributed by atoms with Gasteiger partial charge in [-0.25, -0.2) is 9.78 Å². The number of ether oxygens (including phenoxy) is 1. The molecule has 6 heteroatoms. The summed E-state index contributed by atoms with van der Waals surface area (Å²) in [6.07, 6.45) is 1.66. The van der Waals surface area contributed by atoms with Crippen LogP contribution in [0.4, 0.5) is 0 Å². The molecule has 0 saturated carbocycles. The lowest BCUT2D eigenvalue weighted by molar-refractivity contribution is 0.0467. The second kappa shape index (κ2) is 9.08. The van der Waals surface area contributed by atoms with E-state index in [0.717, 1.165) is 11.1 Å². The zero-order chi connectivity index (χ0) is 18.4. The number of benzene rings is 2. The molecule has 0 aliphatic rings. The van der Waals surface area contributed by atoms with Crippen LogP contribution in [0.2, 0.25) is 10.0 Å². The number of pyridine rings is 1. The lowest BCUT2D eigenvalue weighted by atomic mass is 10.2. The van der Waals surface area contributed by atoms with Crippen LogP contribution in [0.3, 0.4) is 0 Å². The average molecular weight is 404 g/mol. The van der Waals surface area contributed by atoms with Crippen molar-refractivity contribution in [1.82, 2.24) is 4.98 Å². The lowest BCUT2D eigenvalue weighted by Crippen LogP contribution is -2.07. The fraction of sp³-hybridized carbons (Fsp3) is 0.100. The fourth-order valence-electron chi connectivity index (χ4n) is 2.29. The van der Waals surface area contributed by atoms with Gasteiger partial charge in [0.05, 0.1) is 5.56 Å². The van der Waals surface area contributed by atoms with E-state index in [1.54, 1.807) is 30.5 Å². The van der Waals surface area contributed by atoms with Crippen LogP contribution in [0.15, 0.2) is 71.9 Å². The van der Waals surface area contributed by atoms with Gasteiger partial charge in [-0.1, -0.05) is 47.5 Å². The maximum absolute atomic E-state index is 12.5. The summed E-state index contributed by atoms with van der Waals surface area (Å²) >= 11 is 13.4. The number of carbonyl (C=O) groups is 1. The molecule has 3 rings (SSSR count). The summed E-state index contributed by atoms with van der Waals surface area (Å²) in [6.45, 7) is 0.159. The molecule has 0 aliphatic carbocycles. The molecule has 0 bridgehead atoms. The summed E-state index contributed by atoms with van der Waals surface area (Å²) in [5.74, 6) is 0.248. The number of rotatable bonds is 6. The minimum absolute atomic E-state index is 0.159. The summed E-state index contributed by atoms with van der Waals surface area (Å²) in [5.41, 5.74) is 2.34. The van der Waals surface area contributed by atoms with Crippen LogP contribution in [0.5, 0.6) is 0 Å². The van der Waals surface area contributed by atoms with E-state index < -0.39 is 5.97 Å². The lowest BCUT2D eigenvalue weighted by Gasteiger charge is -2.09. The van der Waals surface area contributed by atoms with Gasteiger partial charge < -0.3 is 4.74 Å². The maximum Gasteiger partial charge on any atom is 0.341 e. The predicted molar refractivity (Wildman–Crippen MR) is 106 cm³/mol. The first kappa shape index (κ1) is 18.8. The van der Waals surface area contributed by atoms with Crippen molar-refractivity contribution < 1.29 is 9.53 Å². The summed E-state index contributed by atoms with van der Waals surface area (Å²) in [4.78, 5) is 16.8. The Balaban J connectivity index is 1.66. The molecule has 3 nitrogen and oxygen atoms in total. The molecule has 3 aromatic rings. The molecule has 1 heterocycles. The average Bonchev–Trinajstić information content (AvgIpc) is 2.65. The van der Waals surface area contributed by atoms with Crippen molar-refractivity contribution in [2.45, 2.75) is 17.4 Å². The van der Waals surface area contributed by atoms with Crippen LogP contribution in [0, 0.1) is 0 Å². The van der Waals surface area contributed by atoms with Crippen molar-refractivity contribution in [1.29, 1.82) is 0 Å². The van der Waals surface area contributed by atoms with E-state index in [9.17, 15) is 4.79 Å². The largest absolute Gasteiger partial charge is 0.457 e. The molecule has 0 N–H and O–H groups in total. The van der Waals surface area contributed by atoms with Gasteiger partial charge in [0.2, 0.25) is 0 Å². The van der Waals surface area contributed by atoms with E-state index in [1.807, 2.05) is 36.4 Å². The normalized spacial score (nSPS) is 10.5. The molecule has 0 radical (unpaired) electrons. The minimum Gasteiger partial charge on any atom is -0.457 e. The monoisotopic (exact) mass is 403 g/mol. The SMILES string of the molecule is O=C(OCc1cccc(Cl)c1)c1cccnc1SCc1cccc(Cl)c1. The van der Waals surface area contributed by atoms with Crippen molar-refractivity contribution in [2.75, 3.05) is 0 Å². The van der Waals surface area contributed by atoms with Crippen molar-refractivity contribution >= 4 is 40.9 Å². The third kappa shape index (κ3) is 5.24. The van der Waals surface area contributed by atoms with E-state index in [1.165, 1.54) is 11.8 Å². The summed E-state index contributed by atoms with van der Waals surface area (Å²) in [6, 6.07) is 18.3. The van der Waals surface area contributed by atoms with Gasteiger partial charge in [-0.2, -0.15) is 0 Å². The molecular formula is C20H15Cl2NO2S. The van der Waals surface area contributed by atoms with Crippen LogP contribution in [-0.4, -0.2) is 11.0 Å². The topological polar surface area (TPSA) is 39.2 Å². The minimum atomic E-state index is -0.410. The number of aromatic nitrogens is 1. The van der Waals surface area contributed by atoms with E-state index >= 15 is 0 Å². The van der Waals surface area contributed by atoms with Crippen molar-refractivity contribution in [3.8, 4) is 0 Å². The standard InChI is InChI=1S/C20H15Cl2NO2S/c21-16-6-1-4-14(10-16)12-25-20(24)18-8-3-9-23-19(18)26-13-15-5-2-7-17(22)11-15/h1-11H,12-13H2. The Morgan fingerprint density at radius 2 is 1.65 bits per heavy atom. The summed E-state index contributed by atoms with van der Waals surface area (Å²) < 4.78 is 5.41. The Bertz CT molecular complexity index is 918. The van der Waals surface area contributed by atoms with Crippen LogP contribution in [-0.2, 0) is 17.1 Å². The first-order chi connectivity index (χ1) is 12.6. The highest BCUT2D eigenvalue weighted by Crippen LogP contribution is 2.26. The molecule has 26 heavy (non-hydrogen) atoms. The first-order valence-electron chi connectivity index (χ1n) is 7.85. The van der Waals surface area contributed by atoms with Crippen LogP contribution in [0.1, 0.15) is 21.5 Å². The number of nitrogens with zero attached hydrogens (tertiary/aromatic N) is 1. The van der Waals surface area contributed by atoms with E-state index in [-0.39, 0.29) is 6.61 Å². The molecule has 0 aliphatic heterocycles. The number of esters is 1. The molecule has 1 aromatic heterocycles. The van der Waals surface area contributed by atoms with Crippen molar-refractivity contribution in [3.05, 3.63) is 93.6 Å². The van der Waals surface area contributed by atoms with Crippen molar-refractivity contribution in [2.24, 2.45) is 0 Å². The molecule has 132 valence electrons. The Kier molecular flexibility index (Phi) is 6.56. The third-order valence-electron chi connectivity index (χ3n) is 3.51.